The molecule has 4 aromatic rings. The van der Waals surface area contributed by atoms with Crippen molar-refractivity contribution in [3.8, 4) is 0 Å². The van der Waals surface area contributed by atoms with Crippen LogP contribution in [0, 0.1) is 0 Å². The van der Waals surface area contributed by atoms with E-state index in [1.165, 1.54) is 6.92 Å². The highest BCUT2D eigenvalue weighted by Gasteiger charge is 2.39. The zero-order valence-corrected chi connectivity index (χ0v) is 21.8. The highest BCUT2D eigenvalue weighted by Crippen LogP contribution is 2.40. The number of rotatable bonds is 8. The number of carbonyl (C=O) groups is 1. The third kappa shape index (κ3) is 5.57. The van der Waals surface area contributed by atoms with Crippen molar-refractivity contribution in [2.75, 3.05) is 6.26 Å². The van der Waals surface area contributed by atoms with Crippen molar-refractivity contribution in [3.05, 3.63) is 112 Å². The van der Waals surface area contributed by atoms with Crippen LogP contribution in [0.25, 0.3) is 23.1 Å². The van der Waals surface area contributed by atoms with Crippen LogP contribution in [-0.4, -0.2) is 25.4 Å². The van der Waals surface area contributed by atoms with Crippen LogP contribution in [0.3, 0.4) is 0 Å². The first-order valence-electron chi connectivity index (χ1n) is 11.5. The molecular formula is C29H26ClNO4S. The van der Waals surface area contributed by atoms with Gasteiger partial charge in [-0.15, -0.1) is 0 Å². The second-order valence-corrected chi connectivity index (χ2v) is 10.6. The Morgan fingerprint density at radius 2 is 1.75 bits per heavy atom. The van der Waals surface area contributed by atoms with Crippen LogP contribution in [0.1, 0.15) is 53.0 Å². The largest absolute Gasteiger partial charge is 0.294 e. The topological polar surface area (TPSA) is 73.3 Å². The van der Waals surface area contributed by atoms with Crippen LogP contribution in [0.4, 0.5) is 0 Å². The molecule has 0 bridgehead atoms. The van der Waals surface area contributed by atoms with Gasteiger partial charge in [0, 0.05) is 21.5 Å². The molecule has 0 spiro atoms. The lowest BCUT2D eigenvalue weighted by atomic mass is 9.80. The Labute approximate surface area is 216 Å². The van der Waals surface area contributed by atoms with Crippen molar-refractivity contribution >= 4 is 50.6 Å². The summed E-state index contributed by atoms with van der Waals surface area (Å²) in [6.45, 7) is 3.30. The molecule has 0 aliphatic heterocycles. The van der Waals surface area contributed by atoms with Crippen LogP contribution in [0.5, 0.6) is 0 Å². The van der Waals surface area contributed by atoms with Gasteiger partial charge in [0.25, 0.3) is 10.1 Å². The van der Waals surface area contributed by atoms with E-state index in [0.29, 0.717) is 28.1 Å². The summed E-state index contributed by atoms with van der Waals surface area (Å²) in [5.41, 5.74) is 2.58. The van der Waals surface area contributed by atoms with Gasteiger partial charge >= 0.3 is 0 Å². The second-order valence-electron chi connectivity index (χ2n) is 8.60. The van der Waals surface area contributed by atoms with Crippen molar-refractivity contribution in [2.24, 2.45) is 0 Å². The number of nitrogens with zero attached hydrogens (tertiary/aromatic N) is 1. The summed E-state index contributed by atoms with van der Waals surface area (Å²) >= 11 is 6.11. The van der Waals surface area contributed by atoms with Gasteiger partial charge in [-0.1, -0.05) is 79.2 Å². The molecule has 0 fully saturated rings. The van der Waals surface area contributed by atoms with Crippen molar-refractivity contribution in [1.29, 1.82) is 0 Å². The maximum absolute atomic E-state index is 12.4. The average molecular weight is 520 g/mol. The first kappa shape index (κ1) is 25.8. The highest BCUT2D eigenvalue weighted by atomic mass is 35.5. The summed E-state index contributed by atoms with van der Waals surface area (Å²) in [7, 11) is -3.88. The SMILES string of the molecule is CC[C@](OS(C)(=O)=O)(c1cccc(/C=C/c2ccc3ccc(Cl)cc3n2)c1)c1ccccc1C(C)=O. The van der Waals surface area contributed by atoms with E-state index in [2.05, 4.69) is 4.98 Å². The van der Waals surface area contributed by atoms with Crippen LogP contribution in [0.15, 0.2) is 78.9 Å². The molecule has 1 heterocycles. The summed E-state index contributed by atoms with van der Waals surface area (Å²) in [5, 5.41) is 1.62. The first-order chi connectivity index (χ1) is 17.1. The van der Waals surface area contributed by atoms with E-state index in [1.54, 1.807) is 24.3 Å². The first-order valence-corrected chi connectivity index (χ1v) is 13.7. The Hall–Kier alpha value is -3.32. The molecule has 0 unspecified atom stereocenters. The van der Waals surface area contributed by atoms with Gasteiger partial charge < -0.3 is 0 Å². The molecule has 4 rings (SSSR count). The molecular weight excluding hydrogens is 494 g/mol. The Bertz CT molecular complexity index is 1580. The molecule has 0 radical (unpaired) electrons. The summed E-state index contributed by atoms with van der Waals surface area (Å²) in [5.74, 6) is -0.168. The lowest BCUT2D eigenvalue weighted by molar-refractivity contribution is 0.0974. The van der Waals surface area contributed by atoms with Crippen molar-refractivity contribution in [3.63, 3.8) is 0 Å². The molecule has 184 valence electrons. The number of Topliss-reactive ketones (excluding diaryl/α,β-unsaturated/α-hetero) is 1. The van der Waals surface area contributed by atoms with Gasteiger partial charge in [0.05, 0.1) is 17.5 Å². The summed E-state index contributed by atoms with van der Waals surface area (Å²) in [6, 6.07) is 23.9. The number of halogens is 1. The van der Waals surface area contributed by atoms with Crippen LogP contribution in [0.2, 0.25) is 5.02 Å². The van der Waals surface area contributed by atoms with Gasteiger partial charge in [0.2, 0.25) is 0 Å². The number of carbonyl (C=O) groups excluding carboxylic acids is 1. The van der Waals surface area contributed by atoms with Gasteiger partial charge in [0.15, 0.2) is 5.78 Å². The quantitative estimate of drug-likeness (QED) is 0.187. The van der Waals surface area contributed by atoms with Gasteiger partial charge in [-0.2, -0.15) is 8.42 Å². The summed E-state index contributed by atoms with van der Waals surface area (Å²) in [6.07, 6.45) is 5.10. The number of ketones is 1. The smallest absolute Gasteiger partial charge is 0.265 e. The molecule has 1 aromatic heterocycles. The predicted molar refractivity (Wildman–Crippen MR) is 146 cm³/mol. The zero-order chi connectivity index (χ0) is 25.9. The average Bonchev–Trinajstić information content (AvgIpc) is 2.85. The molecule has 0 N–H and O–H groups in total. The number of hydrogen-bond donors (Lipinski definition) is 0. The maximum atomic E-state index is 12.4. The number of fused-ring (bicyclic) bond motifs is 1. The predicted octanol–water partition coefficient (Wildman–Crippen LogP) is 6.89. The minimum Gasteiger partial charge on any atom is -0.294 e. The number of aromatic nitrogens is 1. The minimum atomic E-state index is -3.88. The zero-order valence-electron chi connectivity index (χ0n) is 20.2. The van der Waals surface area contributed by atoms with E-state index in [-0.39, 0.29) is 5.78 Å². The molecule has 0 saturated heterocycles. The fourth-order valence-corrected chi connectivity index (χ4v) is 5.36. The molecule has 0 amide bonds. The van der Waals surface area contributed by atoms with Crippen molar-refractivity contribution < 1.29 is 17.4 Å². The highest BCUT2D eigenvalue weighted by molar-refractivity contribution is 7.86. The molecule has 0 saturated carbocycles. The van der Waals surface area contributed by atoms with Crippen molar-refractivity contribution in [2.45, 2.75) is 25.9 Å². The van der Waals surface area contributed by atoms with E-state index in [9.17, 15) is 13.2 Å². The molecule has 36 heavy (non-hydrogen) atoms. The lowest BCUT2D eigenvalue weighted by Crippen LogP contribution is -2.34. The maximum Gasteiger partial charge on any atom is 0.265 e. The molecule has 0 aliphatic carbocycles. The van der Waals surface area contributed by atoms with E-state index >= 15 is 0 Å². The number of hydrogen-bond acceptors (Lipinski definition) is 5. The van der Waals surface area contributed by atoms with E-state index in [4.69, 9.17) is 15.8 Å². The Morgan fingerprint density at radius 3 is 2.47 bits per heavy atom. The summed E-state index contributed by atoms with van der Waals surface area (Å²) < 4.78 is 30.6. The van der Waals surface area contributed by atoms with E-state index < -0.39 is 15.7 Å². The Morgan fingerprint density at radius 1 is 1.00 bits per heavy atom. The molecule has 5 nitrogen and oxygen atoms in total. The fraction of sp³-hybridized carbons (Fsp3) is 0.172. The normalized spacial score (nSPS) is 13.7. The molecule has 7 heteroatoms. The van der Waals surface area contributed by atoms with Crippen molar-refractivity contribution in [1.82, 2.24) is 4.98 Å². The third-order valence-electron chi connectivity index (χ3n) is 6.01. The van der Waals surface area contributed by atoms with Gasteiger partial charge in [-0.05, 0) is 54.8 Å². The molecule has 0 aliphatic rings. The van der Waals surface area contributed by atoms with Crippen LogP contribution in [-0.2, 0) is 19.9 Å². The minimum absolute atomic E-state index is 0.168. The lowest BCUT2D eigenvalue weighted by Gasteiger charge is -2.34. The standard InChI is InChI=1S/C29H26ClNO4S/c1-4-29(35-36(3,33)34,27-11-6-5-10-26(27)20(2)32)23-9-7-8-21(18-23)12-16-25-17-14-22-13-15-24(30)19-28(22)31-25/h5-19H,4H2,1-3H3/b16-12+/t29-/m0/s1. The molecule has 3 aromatic carbocycles. The summed E-state index contributed by atoms with van der Waals surface area (Å²) in [4.78, 5) is 17.1. The van der Waals surface area contributed by atoms with E-state index in [0.717, 1.165) is 28.4 Å². The van der Waals surface area contributed by atoms with Gasteiger partial charge in [0.1, 0.15) is 5.60 Å². The third-order valence-corrected chi connectivity index (χ3v) is 6.83. The second kappa shape index (κ2) is 10.3. The van der Waals surface area contributed by atoms with Gasteiger partial charge in [-0.25, -0.2) is 4.98 Å². The van der Waals surface area contributed by atoms with E-state index in [1.807, 2.05) is 73.7 Å². The van der Waals surface area contributed by atoms with Crippen LogP contribution >= 0.6 is 11.6 Å². The van der Waals surface area contributed by atoms with Crippen LogP contribution < -0.4 is 0 Å². The van der Waals surface area contributed by atoms with Gasteiger partial charge in [-0.3, -0.25) is 8.98 Å². The monoisotopic (exact) mass is 519 g/mol. The Balaban J connectivity index is 1.80. The number of benzene rings is 3. The molecule has 1 atom stereocenters. The Kier molecular flexibility index (Phi) is 7.41. The number of pyridine rings is 1. The fourth-order valence-electron chi connectivity index (χ4n) is 4.38.